The first-order valence-corrected chi connectivity index (χ1v) is 7.38. The third kappa shape index (κ3) is 3.68. The second kappa shape index (κ2) is 6.54. The topological polar surface area (TPSA) is 82.0 Å². The molecule has 0 spiro atoms. The number of aryl methyl sites for hydroxylation is 2. The molecule has 3 aromatic rings. The molecule has 3 rings (SSSR count). The number of nitrogens with zero attached hydrogens (tertiary/aromatic N) is 3. The summed E-state index contributed by atoms with van der Waals surface area (Å²) < 4.78 is 48.5. The number of nitrogens with one attached hydrogen (secondary N) is 1. The molecule has 2 heterocycles. The van der Waals surface area contributed by atoms with Crippen molar-refractivity contribution in [3.8, 4) is 23.1 Å². The summed E-state index contributed by atoms with van der Waals surface area (Å²) in [5.41, 5.74) is 0.263. The fourth-order valence-corrected chi connectivity index (χ4v) is 2.31. The average molecular weight is 366 g/mol. The molecule has 1 aromatic carbocycles. The second-order valence-electron chi connectivity index (χ2n) is 5.32. The lowest BCUT2D eigenvalue weighted by Crippen LogP contribution is -2.18. The quantitative estimate of drug-likeness (QED) is 0.766. The second-order valence-corrected chi connectivity index (χ2v) is 5.32. The van der Waals surface area contributed by atoms with Crippen LogP contribution in [0.2, 0.25) is 0 Å². The van der Waals surface area contributed by atoms with Crippen LogP contribution >= 0.6 is 0 Å². The summed E-state index contributed by atoms with van der Waals surface area (Å²) in [6.07, 6.45) is -3.50. The zero-order valence-corrected chi connectivity index (χ0v) is 13.7. The van der Waals surface area contributed by atoms with Gasteiger partial charge in [-0.25, -0.2) is 19.4 Å². The third-order valence-corrected chi connectivity index (χ3v) is 3.43. The Hall–Kier alpha value is -3.30. The summed E-state index contributed by atoms with van der Waals surface area (Å²) in [5.74, 6) is -0.0856. The molecule has 2 aromatic heterocycles. The van der Waals surface area contributed by atoms with Gasteiger partial charge in [0.25, 0.3) is 0 Å². The van der Waals surface area contributed by atoms with Gasteiger partial charge in [0.15, 0.2) is 11.5 Å². The summed E-state index contributed by atoms with van der Waals surface area (Å²) in [4.78, 5) is 15.7. The number of aromatic nitrogens is 4. The Morgan fingerprint density at radius 1 is 1.15 bits per heavy atom. The van der Waals surface area contributed by atoms with Crippen molar-refractivity contribution < 1.29 is 22.6 Å². The Labute approximate surface area is 145 Å². The standard InChI is InChI=1S/C16H13F3N4O3/c1-9-4-3-5-12(14(9)26-16(17,18)19)25-13-7-6-11(8-20-13)23-10(2)21-22-15(23)24/h3-8H,1-2H3,(H,22,24). The Morgan fingerprint density at radius 3 is 2.50 bits per heavy atom. The van der Waals surface area contributed by atoms with Crippen LogP contribution in [0, 0.1) is 13.8 Å². The number of hydrogen-bond donors (Lipinski definition) is 1. The number of pyridine rings is 1. The van der Waals surface area contributed by atoms with Crippen molar-refractivity contribution >= 4 is 0 Å². The first-order valence-electron chi connectivity index (χ1n) is 7.38. The molecule has 0 aliphatic rings. The third-order valence-electron chi connectivity index (χ3n) is 3.43. The maximum atomic E-state index is 12.6. The smallest absolute Gasteiger partial charge is 0.435 e. The van der Waals surface area contributed by atoms with Crippen LogP contribution in [-0.4, -0.2) is 26.1 Å². The van der Waals surface area contributed by atoms with Crippen LogP contribution in [0.15, 0.2) is 41.3 Å². The molecule has 10 heteroatoms. The largest absolute Gasteiger partial charge is 0.573 e. The van der Waals surface area contributed by atoms with Gasteiger partial charge in [-0.1, -0.05) is 12.1 Å². The van der Waals surface area contributed by atoms with Crippen molar-refractivity contribution in [3.05, 3.63) is 58.4 Å². The minimum atomic E-state index is -4.85. The molecule has 26 heavy (non-hydrogen) atoms. The Balaban J connectivity index is 1.89. The van der Waals surface area contributed by atoms with Crippen LogP contribution in [0.4, 0.5) is 13.2 Å². The molecule has 136 valence electrons. The van der Waals surface area contributed by atoms with E-state index in [1.165, 1.54) is 48.0 Å². The highest BCUT2D eigenvalue weighted by molar-refractivity contribution is 5.47. The van der Waals surface area contributed by atoms with Crippen LogP contribution in [0.25, 0.3) is 5.69 Å². The molecule has 0 saturated carbocycles. The zero-order valence-electron chi connectivity index (χ0n) is 13.7. The first-order chi connectivity index (χ1) is 12.2. The fraction of sp³-hybridized carbons (Fsp3) is 0.188. The van der Waals surface area contributed by atoms with Crippen LogP contribution in [0.5, 0.6) is 17.4 Å². The van der Waals surface area contributed by atoms with Gasteiger partial charge < -0.3 is 9.47 Å². The SMILES string of the molecule is Cc1cccc(Oc2ccc(-n3c(C)n[nH]c3=O)cn2)c1OC(F)(F)F. The predicted octanol–water partition coefficient (Wildman–Crippen LogP) is 3.26. The summed E-state index contributed by atoms with van der Waals surface area (Å²) in [5, 5.41) is 6.08. The average Bonchev–Trinajstić information content (AvgIpc) is 2.89. The van der Waals surface area contributed by atoms with E-state index in [9.17, 15) is 18.0 Å². The normalized spacial score (nSPS) is 11.4. The number of benzene rings is 1. The summed E-state index contributed by atoms with van der Waals surface area (Å²) in [7, 11) is 0. The molecule has 0 saturated heterocycles. The lowest BCUT2D eigenvalue weighted by molar-refractivity contribution is -0.275. The number of hydrogen-bond acceptors (Lipinski definition) is 5. The number of H-pyrrole nitrogens is 1. The van der Waals surface area contributed by atoms with Crippen LogP contribution in [0.1, 0.15) is 11.4 Å². The molecular weight excluding hydrogens is 353 g/mol. The number of aromatic amines is 1. The molecule has 0 unspecified atom stereocenters. The molecule has 0 bridgehead atoms. The highest BCUT2D eigenvalue weighted by Crippen LogP contribution is 2.37. The van der Waals surface area contributed by atoms with E-state index in [1.807, 2.05) is 0 Å². The number of ether oxygens (including phenoxy) is 2. The van der Waals surface area contributed by atoms with E-state index in [0.717, 1.165) is 0 Å². The summed E-state index contributed by atoms with van der Waals surface area (Å²) >= 11 is 0. The summed E-state index contributed by atoms with van der Waals surface area (Å²) in [6.45, 7) is 3.11. The molecule has 7 nitrogen and oxygen atoms in total. The van der Waals surface area contributed by atoms with E-state index >= 15 is 0 Å². The van der Waals surface area contributed by atoms with Gasteiger partial charge in [-0.3, -0.25) is 0 Å². The van der Waals surface area contributed by atoms with Gasteiger partial charge in [-0.05, 0) is 31.5 Å². The van der Waals surface area contributed by atoms with Crippen LogP contribution in [-0.2, 0) is 0 Å². The molecule has 0 radical (unpaired) electrons. The van der Waals surface area contributed by atoms with Gasteiger partial charge in [0.1, 0.15) is 5.82 Å². The Kier molecular flexibility index (Phi) is 4.41. The van der Waals surface area contributed by atoms with E-state index in [2.05, 4.69) is 19.9 Å². The van der Waals surface area contributed by atoms with Gasteiger partial charge in [0, 0.05) is 6.07 Å². The highest BCUT2D eigenvalue weighted by Gasteiger charge is 2.33. The lowest BCUT2D eigenvalue weighted by Gasteiger charge is -2.15. The number of halogens is 3. The molecule has 0 aliphatic carbocycles. The van der Waals surface area contributed by atoms with Crippen molar-refractivity contribution in [1.29, 1.82) is 0 Å². The van der Waals surface area contributed by atoms with Gasteiger partial charge in [-0.2, -0.15) is 5.10 Å². The van der Waals surface area contributed by atoms with Crippen molar-refractivity contribution in [3.63, 3.8) is 0 Å². The molecule has 0 aliphatic heterocycles. The van der Waals surface area contributed by atoms with Crippen LogP contribution in [0.3, 0.4) is 0 Å². The van der Waals surface area contributed by atoms with Gasteiger partial charge >= 0.3 is 12.1 Å². The molecular formula is C16H13F3N4O3. The van der Waals surface area contributed by atoms with E-state index < -0.39 is 17.8 Å². The minimum Gasteiger partial charge on any atom is -0.435 e. The maximum absolute atomic E-state index is 12.6. The van der Waals surface area contributed by atoms with E-state index in [1.54, 1.807) is 6.92 Å². The monoisotopic (exact) mass is 366 g/mol. The Bertz CT molecular complexity index is 978. The minimum absolute atomic E-state index is 0.0422. The molecule has 1 N–H and O–H groups in total. The molecule has 0 amide bonds. The predicted molar refractivity (Wildman–Crippen MR) is 84.7 cm³/mol. The van der Waals surface area contributed by atoms with Gasteiger partial charge in [0.2, 0.25) is 5.88 Å². The zero-order chi connectivity index (χ0) is 18.9. The summed E-state index contributed by atoms with van der Waals surface area (Å²) in [6, 6.07) is 7.31. The van der Waals surface area contributed by atoms with Crippen LogP contribution < -0.4 is 15.2 Å². The Morgan fingerprint density at radius 2 is 1.92 bits per heavy atom. The first kappa shape index (κ1) is 17.5. The molecule has 0 atom stereocenters. The molecule has 0 fully saturated rings. The number of para-hydroxylation sites is 1. The van der Waals surface area contributed by atoms with Crippen molar-refractivity contribution in [2.75, 3.05) is 0 Å². The van der Waals surface area contributed by atoms with E-state index in [-0.39, 0.29) is 17.2 Å². The number of rotatable bonds is 4. The lowest BCUT2D eigenvalue weighted by atomic mass is 10.2. The highest BCUT2D eigenvalue weighted by atomic mass is 19.4. The fourth-order valence-electron chi connectivity index (χ4n) is 2.31. The van der Waals surface area contributed by atoms with Gasteiger partial charge in [-0.15, -0.1) is 13.2 Å². The van der Waals surface area contributed by atoms with E-state index in [0.29, 0.717) is 11.5 Å². The van der Waals surface area contributed by atoms with Crippen molar-refractivity contribution in [1.82, 2.24) is 19.7 Å². The van der Waals surface area contributed by atoms with Crippen molar-refractivity contribution in [2.45, 2.75) is 20.2 Å². The number of alkyl halides is 3. The van der Waals surface area contributed by atoms with Crippen molar-refractivity contribution in [2.24, 2.45) is 0 Å². The van der Waals surface area contributed by atoms with E-state index in [4.69, 9.17) is 4.74 Å². The van der Waals surface area contributed by atoms with Gasteiger partial charge in [0.05, 0.1) is 11.9 Å². The maximum Gasteiger partial charge on any atom is 0.573 e.